The Kier molecular flexibility index (Phi) is 3.66. The molecule has 4 heterocycles. The van der Waals surface area contributed by atoms with Crippen molar-refractivity contribution in [2.45, 2.75) is 6.42 Å². The van der Waals surface area contributed by atoms with Gasteiger partial charge in [0.05, 0.1) is 16.6 Å². The molecule has 1 aromatic carbocycles. The predicted octanol–water partition coefficient (Wildman–Crippen LogP) is 2.44. The maximum Gasteiger partial charge on any atom is 0.227 e. The van der Waals surface area contributed by atoms with Crippen LogP contribution in [0.4, 0.5) is 5.95 Å². The van der Waals surface area contributed by atoms with Gasteiger partial charge in [0, 0.05) is 31.2 Å². The molecule has 1 aliphatic heterocycles. The van der Waals surface area contributed by atoms with Crippen LogP contribution < -0.4 is 4.90 Å². The molecule has 134 valence electrons. The Morgan fingerprint density at radius 2 is 1.93 bits per heavy atom. The Morgan fingerprint density at radius 1 is 1.04 bits per heavy atom. The van der Waals surface area contributed by atoms with Gasteiger partial charge < -0.3 is 9.80 Å². The summed E-state index contributed by atoms with van der Waals surface area (Å²) in [6, 6.07) is 12.0. The molecule has 0 radical (unpaired) electrons. The van der Waals surface area contributed by atoms with E-state index in [0.29, 0.717) is 11.2 Å². The van der Waals surface area contributed by atoms with Crippen LogP contribution in [0.3, 0.4) is 0 Å². The van der Waals surface area contributed by atoms with Crippen LogP contribution in [-0.4, -0.2) is 57.5 Å². The fourth-order valence-corrected chi connectivity index (χ4v) is 3.78. The quantitative estimate of drug-likeness (QED) is 0.521. The van der Waals surface area contributed by atoms with Gasteiger partial charge in [0.1, 0.15) is 6.07 Å². The number of nitriles is 1. The first kappa shape index (κ1) is 16.0. The summed E-state index contributed by atoms with van der Waals surface area (Å²) in [4.78, 5) is 18.7. The Balaban J connectivity index is 1.76. The predicted molar refractivity (Wildman–Crippen MR) is 105 cm³/mol. The molecular formula is C20H19N7. The largest absolute Gasteiger partial charge is 0.339 e. The van der Waals surface area contributed by atoms with Crippen molar-refractivity contribution in [2.75, 3.05) is 38.1 Å². The second-order valence-corrected chi connectivity index (χ2v) is 7.02. The van der Waals surface area contributed by atoms with E-state index in [1.54, 1.807) is 0 Å². The Labute approximate surface area is 156 Å². The molecular weight excluding hydrogens is 338 g/mol. The lowest BCUT2D eigenvalue weighted by Crippen LogP contribution is -2.30. The highest BCUT2D eigenvalue weighted by Gasteiger charge is 2.18. The van der Waals surface area contributed by atoms with E-state index in [-0.39, 0.29) is 0 Å². The summed E-state index contributed by atoms with van der Waals surface area (Å²) in [7, 11) is 2.15. The van der Waals surface area contributed by atoms with Crippen molar-refractivity contribution < 1.29 is 0 Å². The molecule has 1 fully saturated rings. The Bertz CT molecular complexity index is 1200. The van der Waals surface area contributed by atoms with Crippen LogP contribution in [-0.2, 0) is 0 Å². The number of benzene rings is 1. The van der Waals surface area contributed by atoms with Crippen molar-refractivity contribution in [2.24, 2.45) is 0 Å². The molecule has 5 rings (SSSR count). The molecule has 7 nitrogen and oxygen atoms in total. The average molecular weight is 357 g/mol. The SMILES string of the molecule is CN1CCCN(c2ncc3cc(C#N)c4nc5ccccc5n4c3n2)CC1. The highest BCUT2D eigenvalue weighted by Crippen LogP contribution is 2.26. The lowest BCUT2D eigenvalue weighted by atomic mass is 10.2. The summed E-state index contributed by atoms with van der Waals surface area (Å²) >= 11 is 0. The van der Waals surface area contributed by atoms with Crippen molar-refractivity contribution in [1.82, 2.24) is 24.3 Å². The zero-order valence-electron chi connectivity index (χ0n) is 15.1. The van der Waals surface area contributed by atoms with Gasteiger partial charge in [0.2, 0.25) is 5.95 Å². The lowest BCUT2D eigenvalue weighted by molar-refractivity contribution is 0.360. The first-order chi connectivity index (χ1) is 13.2. The van der Waals surface area contributed by atoms with E-state index >= 15 is 0 Å². The number of anilines is 1. The number of hydrogen-bond acceptors (Lipinski definition) is 6. The van der Waals surface area contributed by atoms with Crippen LogP contribution in [0.1, 0.15) is 12.0 Å². The molecule has 1 aliphatic rings. The highest BCUT2D eigenvalue weighted by atomic mass is 15.3. The maximum atomic E-state index is 9.58. The summed E-state index contributed by atoms with van der Waals surface area (Å²) < 4.78 is 1.98. The van der Waals surface area contributed by atoms with Gasteiger partial charge in [-0.3, -0.25) is 4.40 Å². The third-order valence-corrected chi connectivity index (χ3v) is 5.22. The zero-order valence-corrected chi connectivity index (χ0v) is 15.1. The normalized spacial score (nSPS) is 16.1. The monoisotopic (exact) mass is 357 g/mol. The minimum atomic E-state index is 0.534. The summed E-state index contributed by atoms with van der Waals surface area (Å²) in [6.07, 6.45) is 2.91. The van der Waals surface area contributed by atoms with E-state index in [4.69, 9.17) is 4.98 Å². The standard InChI is InChI=1S/C20H19N7/c1-25-7-4-8-26(10-9-25)20-22-13-15-11-14(12-21)18-23-16-5-2-3-6-17(16)27(18)19(15)24-20/h2-3,5-6,11,13H,4,7-10H2,1H3. The number of pyridine rings is 1. The molecule has 0 bridgehead atoms. The summed E-state index contributed by atoms with van der Waals surface area (Å²) in [6.45, 7) is 3.94. The number of hydrogen-bond donors (Lipinski definition) is 0. The second kappa shape index (κ2) is 6.18. The van der Waals surface area contributed by atoms with Gasteiger partial charge in [-0.1, -0.05) is 12.1 Å². The number of para-hydroxylation sites is 2. The number of aromatic nitrogens is 4. The van der Waals surface area contributed by atoms with E-state index in [9.17, 15) is 5.26 Å². The second-order valence-electron chi connectivity index (χ2n) is 7.02. The fraction of sp³-hybridized carbons (Fsp3) is 0.300. The van der Waals surface area contributed by atoms with Crippen LogP contribution >= 0.6 is 0 Å². The molecule has 0 unspecified atom stereocenters. The molecule has 0 spiro atoms. The van der Waals surface area contributed by atoms with Crippen LogP contribution in [0.15, 0.2) is 36.5 Å². The molecule has 1 saturated heterocycles. The van der Waals surface area contributed by atoms with Gasteiger partial charge in [-0.05, 0) is 38.2 Å². The third kappa shape index (κ3) is 2.57. The minimum Gasteiger partial charge on any atom is -0.339 e. The average Bonchev–Trinajstić information content (AvgIpc) is 2.96. The van der Waals surface area contributed by atoms with Crippen LogP contribution in [0.2, 0.25) is 0 Å². The van der Waals surface area contributed by atoms with E-state index in [2.05, 4.69) is 32.9 Å². The molecule has 7 heteroatoms. The van der Waals surface area contributed by atoms with Gasteiger partial charge in [-0.15, -0.1) is 0 Å². The number of imidazole rings is 1. The van der Waals surface area contributed by atoms with Crippen LogP contribution in [0.5, 0.6) is 0 Å². The zero-order chi connectivity index (χ0) is 18.4. The number of nitrogens with zero attached hydrogens (tertiary/aromatic N) is 7. The van der Waals surface area contributed by atoms with E-state index in [1.807, 2.05) is 40.9 Å². The van der Waals surface area contributed by atoms with E-state index in [0.717, 1.165) is 60.6 Å². The van der Waals surface area contributed by atoms with Crippen LogP contribution in [0, 0.1) is 11.3 Å². The Morgan fingerprint density at radius 3 is 2.81 bits per heavy atom. The van der Waals surface area contributed by atoms with Crippen molar-refractivity contribution in [3.05, 3.63) is 42.1 Å². The summed E-state index contributed by atoms with van der Waals surface area (Å²) in [5.41, 5.74) is 3.78. The molecule has 27 heavy (non-hydrogen) atoms. The third-order valence-electron chi connectivity index (χ3n) is 5.22. The van der Waals surface area contributed by atoms with Crippen molar-refractivity contribution >= 4 is 33.7 Å². The number of likely N-dealkylation sites (N-methyl/N-ethyl adjacent to an activating group) is 1. The van der Waals surface area contributed by atoms with Crippen LogP contribution in [0.25, 0.3) is 27.7 Å². The van der Waals surface area contributed by atoms with Gasteiger partial charge in [-0.2, -0.15) is 10.2 Å². The van der Waals surface area contributed by atoms with Gasteiger partial charge in [0.25, 0.3) is 0 Å². The lowest BCUT2D eigenvalue weighted by Gasteiger charge is -2.20. The topological polar surface area (TPSA) is 73.3 Å². The first-order valence-corrected chi connectivity index (χ1v) is 9.15. The molecule has 0 N–H and O–H groups in total. The first-order valence-electron chi connectivity index (χ1n) is 9.15. The number of fused-ring (bicyclic) bond motifs is 5. The highest BCUT2D eigenvalue weighted by molar-refractivity contribution is 5.91. The smallest absolute Gasteiger partial charge is 0.227 e. The molecule has 0 atom stereocenters. The van der Waals surface area contributed by atoms with Gasteiger partial charge in [-0.25, -0.2) is 9.97 Å². The summed E-state index contributed by atoms with van der Waals surface area (Å²) in [5, 5.41) is 10.4. The van der Waals surface area contributed by atoms with E-state index in [1.165, 1.54) is 0 Å². The summed E-state index contributed by atoms with van der Waals surface area (Å²) in [5.74, 6) is 0.738. The molecule has 0 amide bonds. The molecule has 0 saturated carbocycles. The molecule has 3 aromatic heterocycles. The van der Waals surface area contributed by atoms with E-state index < -0.39 is 0 Å². The Hall–Kier alpha value is -3.24. The fourth-order valence-electron chi connectivity index (χ4n) is 3.78. The minimum absolute atomic E-state index is 0.534. The van der Waals surface area contributed by atoms with Gasteiger partial charge >= 0.3 is 0 Å². The number of rotatable bonds is 1. The molecule has 0 aliphatic carbocycles. The van der Waals surface area contributed by atoms with Crippen molar-refractivity contribution in [3.63, 3.8) is 0 Å². The van der Waals surface area contributed by atoms with Crippen molar-refractivity contribution in [1.29, 1.82) is 5.26 Å². The maximum absolute atomic E-state index is 9.58. The molecule has 4 aromatic rings. The van der Waals surface area contributed by atoms with Crippen molar-refractivity contribution in [3.8, 4) is 6.07 Å². The van der Waals surface area contributed by atoms with Gasteiger partial charge in [0.15, 0.2) is 11.3 Å².